The average molecular weight is 515 g/mol. The van der Waals surface area contributed by atoms with Crippen molar-refractivity contribution in [1.29, 1.82) is 0 Å². The minimum Gasteiger partial charge on any atom is -0.272 e. The van der Waals surface area contributed by atoms with Crippen LogP contribution >= 0.6 is 0 Å². The number of amides is 1. The third-order valence-corrected chi connectivity index (χ3v) is 3.64. The minimum atomic E-state index is -8.68. The van der Waals surface area contributed by atoms with Gasteiger partial charge in [-0.05, 0) is 12.4 Å². The van der Waals surface area contributed by atoms with E-state index in [4.69, 9.17) is 0 Å². The first-order valence-corrected chi connectivity index (χ1v) is 7.17. The van der Waals surface area contributed by atoms with Crippen LogP contribution in [0, 0.1) is 0 Å². The molecule has 2 nitrogen and oxygen atoms in total. The average Bonchev–Trinajstić information content (AvgIpc) is 2.58. The molecule has 188 valence electrons. The number of rotatable bonds is 9. The van der Waals surface area contributed by atoms with Crippen molar-refractivity contribution >= 4 is 11.8 Å². The Balaban J connectivity index is 6.52. The summed E-state index contributed by atoms with van der Waals surface area (Å²) in [7, 11) is 0. The Hall–Kier alpha value is -2.07. The molecular formula is C13H6F17NO. The third kappa shape index (κ3) is 4.14. The topological polar surface area (TPSA) is 29.4 Å². The van der Waals surface area contributed by atoms with Crippen LogP contribution in [-0.2, 0) is 4.79 Å². The summed E-state index contributed by atoms with van der Waals surface area (Å²) < 4.78 is 220. The van der Waals surface area contributed by atoms with Crippen LogP contribution in [0.2, 0.25) is 0 Å². The molecular weight excluding hydrogens is 509 g/mol. The van der Waals surface area contributed by atoms with E-state index in [1.165, 1.54) is 5.87 Å². The smallest absolute Gasteiger partial charge is 0.272 e. The number of nitrogens with zero attached hydrogens (tertiary/aromatic N) is 1. The lowest BCUT2D eigenvalue weighted by atomic mass is 9.88. The van der Waals surface area contributed by atoms with Gasteiger partial charge in [0.15, 0.2) is 0 Å². The Morgan fingerprint density at radius 1 is 0.594 bits per heavy atom. The van der Waals surface area contributed by atoms with Crippen molar-refractivity contribution in [2.24, 2.45) is 4.99 Å². The molecule has 0 saturated carbocycles. The van der Waals surface area contributed by atoms with Crippen LogP contribution in [0.4, 0.5) is 74.6 Å². The second kappa shape index (κ2) is 8.06. The first kappa shape index (κ1) is 29.9. The number of carbonyl (C=O) groups is 1. The highest BCUT2D eigenvalue weighted by Gasteiger charge is 2.95. The highest BCUT2D eigenvalue weighted by atomic mass is 19.4. The molecule has 0 fully saturated rings. The van der Waals surface area contributed by atoms with Crippen LogP contribution < -0.4 is 0 Å². The number of alkyl halides is 17. The van der Waals surface area contributed by atoms with Gasteiger partial charge in [-0.15, -0.1) is 0 Å². The molecule has 0 heterocycles. The molecule has 0 saturated heterocycles. The van der Waals surface area contributed by atoms with Crippen molar-refractivity contribution in [2.75, 3.05) is 0 Å². The lowest BCUT2D eigenvalue weighted by Crippen LogP contribution is -2.74. The van der Waals surface area contributed by atoms with Crippen LogP contribution in [0.3, 0.4) is 0 Å². The zero-order valence-corrected chi connectivity index (χ0v) is 14.4. The van der Waals surface area contributed by atoms with E-state index in [-0.39, 0.29) is 0 Å². The Bertz CT molecular complexity index is 759. The summed E-state index contributed by atoms with van der Waals surface area (Å²) in [6.45, 7) is 2.59. The largest absolute Gasteiger partial charge is 0.460 e. The summed E-state index contributed by atoms with van der Waals surface area (Å²) in [6.07, 6.45) is -12.6. The van der Waals surface area contributed by atoms with E-state index < -0.39 is 66.4 Å². The molecule has 0 aliphatic heterocycles. The Kier molecular flexibility index (Phi) is 7.53. The van der Waals surface area contributed by atoms with Gasteiger partial charge in [-0.2, -0.15) is 79.6 Å². The normalized spacial score (nSPS) is 15.4. The molecule has 19 heteroatoms. The van der Waals surface area contributed by atoms with Crippen LogP contribution in [-0.4, -0.2) is 59.4 Å². The maximum atomic E-state index is 13.4. The quantitative estimate of drug-likeness (QED) is 0.267. The number of hydrogen-bond donors (Lipinski definition) is 0. The van der Waals surface area contributed by atoms with Crippen molar-refractivity contribution in [3.8, 4) is 0 Å². The van der Waals surface area contributed by atoms with Gasteiger partial charge in [-0.25, -0.2) is 0 Å². The molecule has 0 aliphatic rings. The fourth-order valence-electron chi connectivity index (χ4n) is 1.76. The molecule has 0 aromatic rings. The maximum Gasteiger partial charge on any atom is 0.460 e. The lowest BCUT2D eigenvalue weighted by Gasteiger charge is -2.42. The summed E-state index contributed by atoms with van der Waals surface area (Å²) in [5.41, 5.74) is 0. The molecule has 0 rings (SSSR count). The van der Waals surface area contributed by atoms with Crippen molar-refractivity contribution in [1.82, 2.24) is 0 Å². The minimum absolute atomic E-state index is 1.34. The molecule has 0 aromatic carbocycles. The van der Waals surface area contributed by atoms with Gasteiger partial charge in [-0.1, -0.05) is 0 Å². The van der Waals surface area contributed by atoms with E-state index in [0.717, 1.165) is 0 Å². The summed E-state index contributed by atoms with van der Waals surface area (Å²) in [5.74, 6) is -57.4. The number of hydrogen-bond acceptors (Lipinski definition) is 1. The van der Waals surface area contributed by atoms with Crippen LogP contribution in [0.5, 0.6) is 0 Å². The SMILES string of the molecule is C=C=NC(=O)CCC(F)(F)C(F)(F)C(F)(F)C(F)(F)C(F)(F)C(F)(F)C(F)(F)C(F)(F)F. The van der Waals surface area contributed by atoms with Gasteiger partial charge >= 0.3 is 47.6 Å². The van der Waals surface area contributed by atoms with E-state index in [2.05, 4.69) is 11.6 Å². The molecule has 0 bridgehead atoms. The van der Waals surface area contributed by atoms with Gasteiger partial charge in [0.1, 0.15) is 0 Å². The van der Waals surface area contributed by atoms with Crippen LogP contribution in [0.1, 0.15) is 12.8 Å². The number of aliphatic imine (C=N–C) groups is 1. The summed E-state index contributed by atoms with van der Waals surface area (Å²) in [6, 6.07) is 0. The Morgan fingerprint density at radius 2 is 0.906 bits per heavy atom. The molecule has 0 unspecified atom stereocenters. The fraction of sp³-hybridized carbons (Fsp3) is 0.769. The number of carbonyl (C=O) groups excluding carboxylic acids is 1. The maximum absolute atomic E-state index is 13.4. The summed E-state index contributed by atoms with van der Waals surface area (Å²) in [5, 5.41) is 0. The summed E-state index contributed by atoms with van der Waals surface area (Å²) >= 11 is 0. The van der Waals surface area contributed by atoms with E-state index in [1.807, 2.05) is 0 Å². The van der Waals surface area contributed by atoms with Gasteiger partial charge < -0.3 is 0 Å². The fourth-order valence-corrected chi connectivity index (χ4v) is 1.76. The number of halogens is 17. The molecule has 32 heavy (non-hydrogen) atoms. The van der Waals surface area contributed by atoms with Crippen molar-refractivity contribution in [3.63, 3.8) is 0 Å². The zero-order valence-electron chi connectivity index (χ0n) is 14.4. The Labute approximate surface area is 164 Å². The first-order chi connectivity index (χ1) is 13.7. The van der Waals surface area contributed by atoms with E-state index in [1.54, 1.807) is 0 Å². The van der Waals surface area contributed by atoms with Gasteiger partial charge in [0.05, 0.1) is 0 Å². The zero-order chi connectivity index (χ0) is 26.4. The molecule has 1 amide bonds. The lowest BCUT2D eigenvalue weighted by molar-refractivity contribution is -0.461. The predicted molar refractivity (Wildman–Crippen MR) is 68.0 cm³/mol. The van der Waals surface area contributed by atoms with E-state index in [9.17, 15) is 79.4 Å². The van der Waals surface area contributed by atoms with Gasteiger partial charge in [-0.3, -0.25) is 4.79 Å². The molecule has 0 atom stereocenters. The summed E-state index contributed by atoms with van der Waals surface area (Å²) in [4.78, 5) is 13.2. The van der Waals surface area contributed by atoms with Gasteiger partial charge in [0.2, 0.25) is 0 Å². The predicted octanol–water partition coefficient (Wildman–Crippen LogP) is 6.16. The van der Waals surface area contributed by atoms with Crippen LogP contribution in [0.25, 0.3) is 0 Å². The first-order valence-electron chi connectivity index (χ1n) is 7.17. The molecule has 0 radical (unpaired) electrons. The second-order valence-corrected chi connectivity index (χ2v) is 5.81. The standard InChI is InChI=1S/C13H6F17NO/c1-2-31-5(32)3-4-6(14,15)7(16,17)8(18,19)9(20,21)10(22,23)11(24,25)12(26,27)13(28,29)30/h1,3-4H2. The molecule has 0 aliphatic carbocycles. The van der Waals surface area contributed by atoms with Gasteiger partial charge in [0, 0.05) is 12.8 Å². The van der Waals surface area contributed by atoms with Crippen molar-refractivity contribution in [2.45, 2.75) is 60.5 Å². The van der Waals surface area contributed by atoms with E-state index >= 15 is 0 Å². The monoisotopic (exact) mass is 515 g/mol. The molecule has 0 aromatic heterocycles. The Morgan fingerprint density at radius 3 is 1.22 bits per heavy atom. The van der Waals surface area contributed by atoms with Crippen LogP contribution in [0.15, 0.2) is 11.6 Å². The molecule has 0 spiro atoms. The van der Waals surface area contributed by atoms with Gasteiger partial charge in [0.25, 0.3) is 5.91 Å². The van der Waals surface area contributed by atoms with Crippen molar-refractivity contribution in [3.05, 3.63) is 6.58 Å². The molecule has 0 N–H and O–H groups in total. The second-order valence-electron chi connectivity index (χ2n) is 5.81. The van der Waals surface area contributed by atoms with E-state index in [0.29, 0.717) is 0 Å². The third-order valence-electron chi connectivity index (χ3n) is 3.64. The highest BCUT2D eigenvalue weighted by molar-refractivity contribution is 5.82. The van der Waals surface area contributed by atoms with Crippen molar-refractivity contribution < 1.29 is 79.4 Å². The highest BCUT2D eigenvalue weighted by Crippen LogP contribution is 2.64.